The summed E-state index contributed by atoms with van der Waals surface area (Å²) in [6.45, 7) is 0. The Kier molecular flexibility index (Phi) is 4.36. The number of hydrogen-bond acceptors (Lipinski definition) is 1. The van der Waals surface area contributed by atoms with Crippen LogP contribution in [0.2, 0.25) is 5.02 Å². The number of halogens is 1. The molecule has 0 radical (unpaired) electrons. The molecule has 108 valence electrons. The Balaban J connectivity index is 1.85. The van der Waals surface area contributed by atoms with Crippen LogP contribution in [-0.4, -0.2) is 5.78 Å². The van der Waals surface area contributed by atoms with Crippen LogP contribution in [-0.2, 0) is 6.42 Å². The molecule has 3 rings (SSSR count). The summed E-state index contributed by atoms with van der Waals surface area (Å²) in [7, 11) is 0. The summed E-state index contributed by atoms with van der Waals surface area (Å²) in [5, 5.41) is 0.502. The first-order valence-electron chi connectivity index (χ1n) is 7.16. The van der Waals surface area contributed by atoms with Crippen molar-refractivity contribution < 1.29 is 4.79 Å². The van der Waals surface area contributed by atoms with Crippen LogP contribution >= 0.6 is 11.6 Å². The first kappa shape index (κ1) is 14.6. The van der Waals surface area contributed by atoms with E-state index in [-0.39, 0.29) is 5.78 Å². The van der Waals surface area contributed by atoms with E-state index < -0.39 is 0 Å². The first-order chi connectivity index (χ1) is 10.7. The monoisotopic (exact) mass is 306 g/mol. The fourth-order valence-corrected chi connectivity index (χ4v) is 2.72. The van der Waals surface area contributed by atoms with Crippen LogP contribution in [0, 0.1) is 0 Å². The lowest BCUT2D eigenvalue weighted by Gasteiger charge is -2.07. The van der Waals surface area contributed by atoms with Crippen molar-refractivity contribution >= 4 is 17.4 Å². The van der Waals surface area contributed by atoms with Crippen LogP contribution in [0.4, 0.5) is 0 Å². The highest BCUT2D eigenvalue weighted by Crippen LogP contribution is 2.22. The molecule has 0 aliphatic rings. The molecule has 0 aromatic heterocycles. The fourth-order valence-electron chi connectivity index (χ4n) is 2.43. The van der Waals surface area contributed by atoms with Gasteiger partial charge in [0, 0.05) is 11.1 Å². The molecule has 0 amide bonds. The second kappa shape index (κ2) is 6.59. The van der Waals surface area contributed by atoms with Gasteiger partial charge >= 0.3 is 0 Å². The Morgan fingerprint density at radius 1 is 0.773 bits per heavy atom. The number of carbonyl (C=O) groups excluding carboxylic acids is 1. The van der Waals surface area contributed by atoms with E-state index in [1.165, 1.54) is 5.56 Å². The number of carbonyl (C=O) groups is 1. The summed E-state index contributed by atoms with van der Waals surface area (Å²) in [6, 6.07) is 25.1. The summed E-state index contributed by atoms with van der Waals surface area (Å²) >= 11 is 6.32. The molecular weight excluding hydrogens is 292 g/mol. The van der Waals surface area contributed by atoms with Gasteiger partial charge in [-0.3, -0.25) is 4.79 Å². The van der Waals surface area contributed by atoms with Crippen molar-refractivity contribution in [2.75, 3.05) is 0 Å². The van der Waals surface area contributed by atoms with Crippen LogP contribution in [0.3, 0.4) is 0 Å². The van der Waals surface area contributed by atoms with Gasteiger partial charge in [-0.05, 0) is 29.7 Å². The molecule has 0 heterocycles. The van der Waals surface area contributed by atoms with Crippen LogP contribution in [0.1, 0.15) is 27.0 Å². The molecule has 22 heavy (non-hydrogen) atoms. The Hall–Kier alpha value is -2.38. The molecule has 0 spiro atoms. The van der Waals surface area contributed by atoms with Crippen molar-refractivity contribution in [3.05, 3.63) is 106 Å². The van der Waals surface area contributed by atoms with E-state index in [1.807, 2.05) is 54.6 Å². The van der Waals surface area contributed by atoms with Gasteiger partial charge in [-0.25, -0.2) is 0 Å². The third-order valence-electron chi connectivity index (χ3n) is 3.57. The highest BCUT2D eigenvalue weighted by Gasteiger charge is 2.13. The van der Waals surface area contributed by atoms with Crippen LogP contribution in [0.25, 0.3) is 0 Å². The van der Waals surface area contributed by atoms with Crippen molar-refractivity contribution in [2.24, 2.45) is 0 Å². The predicted octanol–water partition coefficient (Wildman–Crippen LogP) is 5.16. The van der Waals surface area contributed by atoms with Crippen molar-refractivity contribution in [3.63, 3.8) is 0 Å². The topological polar surface area (TPSA) is 17.1 Å². The van der Waals surface area contributed by atoms with E-state index in [1.54, 1.807) is 12.1 Å². The quantitative estimate of drug-likeness (QED) is 0.608. The summed E-state index contributed by atoms with van der Waals surface area (Å²) in [4.78, 5) is 12.5. The largest absolute Gasteiger partial charge is 0.289 e. The van der Waals surface area contributed by atoms with Gasteiger partial charge in [0.05, 0.1) is 5.02 Å². The molecule has 1 nitrogen and oxygen atoms in total. The van der Waals surface area contributed by atoms with Crippen molar-refractivity contribution in [3.8, 4) is 0 Å². The molecule has 0 bridgehead atoms. The molecule has 0 N–H and O–H groups in total. The number of hydrogen-bond donors (Lipinski definition) is 0. The maximum absolute atomic E-state index is 12.5. The molecule has 0 aliphatic heterocycles. The maximum atomic E-state index is 12.5. The fraction of sp³-hybridized carbons (Fsp3) is 0.0500. The molecule has 0 fully saturated rings. The molecule has 2 heteroatoms. The Morgan fingerprint density at radius 2 is 1.41 bits per heavy atom. The number of rotatable bonds is 4. The van der Waals surface area contributed by atoms with Gasteiger partial charge in [-0.1, -0.05) is 78.3 Å². The van der Waals surface area contributed by atoms with E-state index in [0.29, 0.717) is 16.1 Å². The standard InChI is InChI=1S/C20H15ClO/c21-19-14-16(13-15-7-3-1-4-8-15)11-12-18(19)20(22)17-9-5-2-6-10-17/h1-12,14H,13H2. The highest BCUT2D eigenvalue weighted by atomic mass is 35.5. The third-order valence-corrected chi connectivity index (χ3v) is 3.88. The molecule has 0 saturated heterocycles. The van der Waals surface area contributed by atoms with E-state index >= 15 is 0 Å². The van der Waals surface area contributed by atoms with Gasteiger partial charge in [-0.15, -0.1) is 0 Å². The van der Waals surface area contributed by atoms with Gasteiger partial charge in [0.15, 0.2) is 5.78 Å². The molecule has 3 aromatic rings. The zero-order chi connectivity index (χ0) is 15.4. The van der Waals surface area contributed by atoms with Gasteiger partial charge in [0.2, 0.25) is 0 Å². The van der Waals surface area contributed by atoms with Crippen molar-refractivity contribution in [2.45, 2.75) is 6.42 Å². The van der Waals surface area contributed by atoms with Gasteiger partial charge in [0.1, 0.15) is 0 Å². The lowest BCUT2D eigenvalue weighted by atomic mass is 9.99. The van der Waals surface area contributed by atoms with Gasteiger partial charge in [0.25, 0.3) is 0 Å². The zero-order valence-corrected chi connectivity index (χ0v) is 12.8. The third kappa shape index (κ3) is 3.26. The Morgan fingerprint density at radius 3 is 2.05 bits per heavy atom. The molecule has 0 aliphatic carbocycles. The summed E-state index contributed by atoms with van der Waals surface area (Å²) in [5.41, 5.74) is 3.52. The average Bonchev–Trinajstić information content (AvgIpc) is 2.56. The minimum Gasteiger partial charge on any atom is -0.289 e. The summed E-state index contributed by atoms with van der Waals surface area (Å²) < 4.78 is 0. The van der Waals surface area contributed by atoms with Crippen LogP contribution < -0.4 is 0 Å². The smallest absolute Gasteiger partial charge is 0.194 e. The first-order valence-corrected chi connectivity index (χ1v) is 7.54. The SMILES string of the molecule is O=C(c1ccccc1)c1ccc(Cc2ccccc2)cc1Cl. The minimum atomic E-state index is -0.0446. The van der Waals surface area contributed by atoms with Crippen LogP contribution in [0.5, 0.6) is 0 Å². The summed E-state index contributed by atoms with van der Waals surface area (Å²) in [5.74, 6) is -0.0446. The van der Waals surface area contributed by atoms with Gasteiger partial charge in [-0.2, -0.15) is 0 Å². The van der Waals surface area contributed by atoms with E-state index in [9.17, 15) is 4.79 Å². The normalized spacial score (nSPS) is 10.4. The van der Waals surface area contributed by atoms with Crippen molar-refractivity contribution in [1.29, 1.82) is 0 Å². The number of benzene rings is 3. The molecule has 0 atom stereocenters. The lowest BCUT2D eigenvalue weighted by Crippen LogP contribution is -2.02. The van der Waals surface area contributed by atoms with Crippen molar-refractivity contribution in [1.82, 2.24) is 0 Å². The average molecular weight is 307 g/mol. The van der Waals surface area contributed by atoms with Crippen LogP contribution in [0.15, 0.2) is 78.9 Å². The minimum absolute atomic E-state index is 0.0446. The predicted molar refractivity (Wildman–Crippen MR) is 90.6 cm³/mol. The highest BCUT2D eigenvalue weighted by molar-refractivity contribution is 6.35. The molecule has 0 unspecified atom stereocenters. The van der Waals surface area contributed by atoms with E-state index in [4.69, 9.17) is 11.6 Å². The zero-order valence-electron chi connectivity index (χ0n) is 12.0. The summed E-state index contributed by atoms with van der Waals surface area (Å²) in [6.07, 6.45) is 0.806. The second-order valence-electron chi connectivity index (χ2n) is 5.17. The maximum Gasteiger partial charge on any atom is 0.194 e. The second-order valence-corrected chi connectivity index (χ2v) is 5.58. The number of ketones is 1. The molecule has 0 saturated carbocycles. The molecule has 3 aromatic carbocycles. The lowest BCUT2D eigenvalue weighted by molar-refractivity contribution is 0.103. The van der Waals surface area contributed by atoms with E-state index in [2.05, 4.69) is 12.1 Å². The Labute approximate surface area is 135 Å². The van der Waals surface area contributed by atoms with E-state index in [0.717, 1.165) is 12.0 Å². The molecular formula is C20H15ClO. The van der Waals surface area contributed by atoms with Gasteiger partial charge < -0.3 is 0 Å². The Bertz CT molecular complexity index is 779.